The lowest BCUT2D eigenvalue weighted by atomic mass is 9.55. The molecular weight excluding hydrogens is 348 g/mol. The SMILES string of the molecule is Cc1nn(C)cc1/C=C1/C[C@@H]2[C@H]3CCc4cc(O)ccc4[C@@H]3CC[C@]2(C)C1=O. The molecule has 5 rings (SSSR count). The lowest BCUT2D eigenvalue weighted by Crippen LogP contribution is -2.42. The van der Waals surface area contributed by atoms with Gasteiger partial charge in [-0.25, -0.2) is 0 Å². The molecule has 1 N–H and O–H groups in total. The van der Waals surface area contributed by atoms with E-state index in [1.807, 2.05) is 37.0 Å². The van der Waals surface area contributed by atoms with Crippen LogP contribution < -0.4 is 0 Å². The van der Waals surface area contributed by atoms with Crippen molar-refractivity contribution in [2.45, 2.75) is 51.9 Å². The van der Waals surface area contributed by atoms with Crippen LogP contribution in [0.15, 0.2) is 30.0 Å². The van der Waals surface area contributed by atoms with Gasteiger partial charge in [-0.2, -0.15) is 5.10 Å². The molecule has 2 saturated carbocycles. The van der Waals surface area contributed by atoms with Crippen molar-refractivity contribution in [2.24, 2.45) is 24.3 Å². The zero-order valence-electron chi connectivity index (χ0n) is 16.9. The molecule has 0 bridgehead atoms. The summed E-state index contributed by atoms with van der Waals surface area (Å²) in [7, 11) is 1.93. The topological polar surface area (TPSA) is 55.1 Å². The van der Waals surface area contributed by atoms with Gasteiger partial charge in [0, 0.05) is 24.2 Å². The second kappa shape index (κ2) is 6.07. The summed E-state index contributed by atoms with van der Waals surface area (Å²) in [6.07, 6.45) is 9.14. The summed E-state index contributed by atoms with van der Waals surface area (Å²) in [6, 6.07) is 5.89. The first kappa shape index (κ1) is 17.7. The summed E-state index contributed by atoms with van der Waals surface area (Å²) in [5, 5.41) is 14.3. The molecule has 0 spiro atoms. The number of aromatic nitrogens is 2. The highest BCUT2D eigenvalue weighted by Crippen LogP contribution is 2.60. The van der Waals surface area contributed by atoms with E-state index in [2.05, 4.69) is 24.2 Å². The van der Waals surface area contributed by atoms with E-state index < -0.39 is 0 Å². The Morgan fingerprint density at radius 2 is 2.14 bits per heavy atom. The first-order valence-electron chi connectivity index (χ1n) is 10.4. The number of aryl methyl sites for hydroxylation is 3. The van der Waals surface area contributed by atoms with Crippen LogP contribution in [0, 0.1) is 24.2 Å². The number of ketones is 1. The van der Waals surface area contributed by atoms with Gasteiger partial charge in [-0.05, 0) is 91.7 Å². The van der Waals surface area contributed by atoms with Crippen LogP contribution in [0.25, 0.3) is 6.08 Å². The second-order valence-electron chi connectivity index (χ2n) is 9.30. The number of benzene rings is 1. The van der Waals surface area contributed by atoms with Gasteiger partial charge in [0.25, 0.3) is 0 Å². The molecule has 1 aromatic carbocycles. The Hall–Kier alpha value is -2.36. The molecule has 0 radical (unpaired) electrons. The van der Waals surface area contributed by atoms with Gasteiger partial charge in [-0.15, -0.1) is 0 Å². The van der Waals surface area contributed by atoms with E-state index in [0.29, 0.717) is 29.3 Å². The number of rotatable bonds is 1. The van der Waals surface area contributed by atoms with E-state index in [1.54, 1.807) is 0 Å². The third-order valence-electron chi connectivity index (χ3n) is 7.73. The molecular formula is C24H28N2O2. The first-order valence-corrected chi connectivity index (χ1v) is 10.4. The number of hydrogen-bond donors (Lipinski definition) is 1. The van der Waals surface area contributed by atoms with Gasteiger partial charge in [0.05, 0.1) is 5.69 Å². The normalized spacial score (nSPS) is 32.9. The Morgan fingerprint density at radius 3 is 2.89 bits per heavy atom. The van der Waals surface area contributed by atoms with Crippen molar-refractivity contribution < 1.29 is 9.90 Å². The number of hydrogen-bond acceptors (Lipinski definition) is 3. The van der Waals surface area contributed by atoms with Crippen LogP contribution in [-0.2, 0) is 18.3 Å². The second-order valence-corrected chi connectivity index (χ2v) is 9.30. The Kier molecular flexibility index (Phi) is 3.84. The van der Waals surface area contributed by atoms with E-state index in [1.165, 1.54) is 11.1 Å². The van der Waals surface area contributed by atoms with Gasteiger partial charge < -0.3 is 5.11 Å². The molecule has 0 amide bonds. The van der Waals surface area contributed by atoms with Gasteiger partial charge in [0.15, 0.2) is 5.78 Å². The van der Waals surface area contributed by atoms with Gasteiger partial charge in [0.2, 0.25) is 0 Å². The molecule has 0 saturated heterocycles. The molecule has 4 atom stereocenters. The lowest BCUT2D eigenvalue weighted by molar-refractivity contribution is -0.127. The molecule has 3 aliphatic carbocycles. The molecule has 146 valence electrons. The van der Waals surface area contributed by atoms with Crippen LogP contribution in [0.3, 0.4) is 0 Å². The monoisotopic (exact) mass is 376 g/mol. The van der Waals surface area contributed by atoms with Gasteiger partial charge in [-0.3, -0.25) is 9.48 Å². The third-order valence-corrected chi connectivity index (χ3v) is 7.73. The average Bonchev–Trinajstić information content (AvgIpc) is 3.11. The lowest BCUT2D eigenvalue weighted by Gasteiger charge is -2.48. The zero-order chi connectivity index (χ0) is 19.6. The minimum absolute atomic E-state index is 0.225. The number of carbonyl (C=O) groups excluding carboxylic acids is 1. The molecule has 2 fully saturated rings. The van der Waals surface area contributed by atoms with Crippen molar-refractivity contribution in [2.75, 3.05) is 0 Å². The summed E-state index contributed by atoms with van der Waals surface area (Å²) >= 11 is 0. The van der Waals surface area contributed by atoms with Crippen LogP contribution in [0.1, 0.15) is 60.9 Å². The predicted octanol–water partition coefficient (Wildman–Crippen LogP) is 4.55. The average molecular weight is 377 g/mol. The highest BCUT2D eigenvalue weighted by Gasteiger charge is 2.56. The minimum atomic E-state index is -0.225. The van der Waals surface area contributed by atoms with Crippen LogP contribution >= 0.6 is 0 Å². The van der Waals surface area contributed by atoms with Gasteiger partial charge in [0.1, 0.15) is 5.75 Å². The summed E-state index contributed by atoms with van der Waals surface area (Å²) in [4.78, 5) is 13.4. The Bertz CT molecular complexity index is 1000. The number of allylic oxidation sites excluding steroid dienone is 1. The molecule has 1 aromatic heterocycles. The van der Waals surface area contributed by atoms with Crippen molar-refractivity contribution in [1.29, 1.82) is 0 Å². The van der Waals surface area contributed by atoms with Crippen LogP contribution in [0.5, 0.6) is 5.75 Å². The molecule has 28 heavy (non-hydrogen) atoms. The Morgan fingerprint density at radius 1 is 1.32 bits per heavy atom. The number of aromatic hydroxyl groups is 1. The fourth-order valence-corrected chi connectivity index (χ4v) is 6.32. The number of fused-ring (bicyclic) bond motifs is 5. The molecule has 1 heterocycles. The molecule has 2 aromatic rings. The van der Waals surface area contributed by atoms with Crippen LogP contribution in [0.2, 0.25) is 0 Å². The number of nitrogens with zero attached hydrogens (tertiary/aromatic N) is 2. The molecule has 4 nitrogen and oxygen atoms in total. The van der Waals surface area contributed by atoms with Gasteiger partial charge >= 0.3 is 0 Å². The molecule has 0 aliphatic heterocycles. The predicted molar refractivity (Wildman–Crippen MR) is 109 cm³/mol. The summed E-state index contributed by atoms with van der Waals surface area (Å²) in [5.41, 5.74) is 5.51. The molecule has 4 heteroatoms. The molecule has 0 unspecified atom stereocenters. The number of carbonyl (C=O) groups is 1. The largest absolute Gasteiger partial charge is 0.508 e. The van der Waals surface area contributed by atoms with Crippen molar-refractivity contribution in [3.63, 3.8) is 0 Å². The zero-order valence-corrected chi connectivity index (χ0v) is 16.9. The molecule has 3 aliphatic rings. The quantitative estimate of drug-likeness (QED) is 0.743. The fourth-order valence-electron chi connectivity index (χ4n) is 6.32. The maximum atomic E-state index is 13.4. The van der Waals surface area contributed by atoms with Gasteiger partial charge in [-0.1, -0.05) is 13.0 Å². The Balaban J connectivity index is 1.50. The van der Waals surface area contributed by atoms with E-state index in [9.17, 15) is 9.90 Å². The highest BCUT2D eigenvalue weighted by atomic mass is 16.3. The maximum absolute atomic E-state index is 13.4. The van der Waals surface area contributed by atoms with E-state index >= 15 is 0 Å². The first-order chi connectivity index (χ1) is 13.4. The minimum Gasteiger partial charge on any atom is -0.508 e. The summed E-state index contributed by atoms with van der Waals surface area (Å²) < 4.78 is 1.82. The number of phenolic OH excluding ortho intramolecular Hbond substituents is 1. The Labute approximate surface area is 166 Å². The van der Waals surface area contributed by atoms with Crippen LogP contribution in [-0.4, -0.2) is 20.7 Å². The van der Waals surface area contributed by atoms with E-state index in [-0.39, 0.29) is 5.41 Å². The third kappa shape index (κ3) is 2.50. The number of Topliss-reactive ketones (excluding diaryl/α,β-unsaturated/α-hetero) is 1. The van der Waals surface area contributed by atoms with Crippen molar-refractivity contribution >= 4 is 11.9 Å². The standard InChI is InChI=1S/C24H28N2O2/c1-14-17(13-26(3)25-14)10-16-12-22-21-6-4-15-11-18(27)5-7-19(15)20(21)8-9-24(22,2)23(16)28/h5,7,10-11,13,20-22,27H,4,6,8-9,12H2,1-3H3/b16-10-/t20-,21-,22+,24-/m0/s1. The van der Waals surface area contributed by atoms with Crippen molar-refractivity contribution in [3.8, 4) is 5.75 Å². The maximum Gasteiger partial charge on any atom is 0.165 e. The van der Waals surface area contributed by atoms with Crippen LogP contribution in [0.4, 0.5) is 0 Å². The smallest absolute Gasteiger partial charge is 0.165 e. The highest BCUT2D eigenvalue weighted by molar-refractivity contribution is 6.06. The van der Waals surface area contributed by atoms with Crippen molar-refractivity contribution in [1.82, 2.24) is 9.78 Å². The number of phenols is 1. The summed E-state index contributed by atoms with van der Waals surface area (Å²) in [5.74, 6) is 2.22. The fraction of sp³-hybridized carbons (Fsp3) is 0.500. The van der Waals surface area contributed by atoms with E-state index in [4.69, 9.17) is 0 Å². The summed E-state index contributed by atoms with van der Waals surface area (Å²) in [6.45, 7) is 4.21. The van der Waals surface area contributed by atoms with E-state index in [0.717, 1.165) is 48.9 Å². The van der Waals surface area contributed by atoms with Crippen molar-refractivity contribution in [3.05, 3.63) is 52.4 Å².